The lowest BCUT2D eigenvalue weighted by Crippen LogP contribution is -2.42. The fourth-order valence-corrected chi connectivity index (χ4v) is 4.13. The normalized spacial score (nSPS) is 12.3. The summed E-state index contributed by atoms with van der Waals surface area (Å²) in [5.74, 6) is 0.857. The Morgan fingerprint density at radius 2 is 1.11 bits per heavy atom. The molecule has 0 saturated heterocycles. The summed E-state index contributed by atoms with van der Waals surface area (Å²) >= 11 is 0. The summed E-state index contributed by atoms with van der Waals surface area (Å²) in [6.07, 6.45) is 10.6. The van der Waals surface area contributed by atoms with E-state index in [9.17, 15) is 0 Å². The van der Waals surface area contributed by atoms with Crippen molar-refractivity contribution in [1.29, 1.82) is 0 Å². The van der Waals surface area contributed by atoms with Gasteiger partial charge in [0.2, 0.25) is 0 Å². The van der Waals surface area contributed by atoms with Gasteiger partial charge in [-0.15, -0.1) is 0 Å². The van der Waals surface area contributed by atoms with E-state index in [0.29, 0.717) is 0 Å². The lowest BCUT2D eigenvalue weighted by Gasteiger charge is -2.24. The molecular formula is C15H34O3Si. The van der Waals surface area contributed by atoms with Crippen LogP contribution in [0.15, 0.2) is 0 Å². The van der Waals surface area contributed by atoms with Crippen LogP contribution < -0.4 is 0 Å². The first-order valence-corrected chi connectivity index (χ1v) is 9.69. The first-order chi connectivity index (χ1) is 9.10. The third-order valence-electron chi connectivity index (χ3n) is 3.70. The van der Waals surface area contributed by atoms with E-state index < -0.39 is 8.80 Å². The van der Waals surface area contributed by atoms with E-state index in [1.54, 1.807) is 21.3 Å². The lowest BCUT2D eigenvalue weighted by molar-refractivity contribution is 0.122. The van der Waals surface area contributed by atoms with Crippen molar-refractivity contribution < 1.29 is 13.3 Å². The first kappa shape index (κ1) is 19.1. The Morgan fingerprint density at radius 1 is 0.684 bits per heavy atom. The molecule has 0 heterocycles. The molecule has 0 atom stereocenters. The van der Waals surface area contributed by atoms with E-state index in [1.807, 2.05) is 0 Å². The summed E-state index contributed by atoms with van der Waals surface area (Å²) in [6.45, 7) is 4.61. The van der Waals surface area contributed by atoms with Crippen molar-refractivity contribution in [3.63, 3.8) is 0 Å². The Labute approximate surface area is 121 Å². The summed E-state index contributed by atoms with van der Waals surface area (Å²) in [4.78, 5) is 0. The van der Waals surface area contributed by atoms with Gasteiger partial charge in [-0.3, -0.25) is 0 Å². The highest BCUT2D eigenvalue weighted by molar-refractivity contribution is 6.60. The molecule has 116 valence electrons. The van der Waals surface area contributed by atoms with Gasteiger partial charge < -0.3 is 13.3 Å². The average Bonchev–Trinajstić information content (AvgIpc) is 2.41. The SMILES string of the molecule is CO[Si](CCCCCCCCCC(C)C)(OC)OC. The maximum Gasteiger partial charge on any atom is 0.500 e. The van der Waals surface area contributed by atoms with Gasteiger partial charge in [-0.25, -0.2) is 0 Å². The van der Waals surface area contributed by atoms with Crippen LogP contribution in [0, 0.1) is 5.92 Å². The van der Waals surface area contributed by atoms with Crippen molar-refractivity contribution in [1.82, 2.24) is 0 Å². The quantitative estimate of drug-likeness (QED) is 0.365. The van der Waals surface area contributed by atoms with E-state index in [1.165, 1.54) is 44.9 Å². The van der Waals surface area contributed by atoms with Gasteiger partial charge in [0.25, 0.3) is 0 Å². The van der Waals surface area contributed by atoms with Crippen molar-refractivity contribution in [3.05, 3.63) is 0 Å². The van der Waals surface area contributed by atoms with Gasteiger partial charge in [-0.05, 0) is 12.3 Å². The summed E-state index contributed by atoms with van der Waals surface area (Å²) < 4.78 is 16.2. The second kappa shape index (κ2) is 11.9. The minimum atomic E-state index is -2.31. The molecule has 0 aliphatic heterocycles. The van der Waals surface area contributed by atoms with Crippen LogP contribution >= 0.6 is 0 Å². The van der Waals surface area contributed by atoms with Crippen LogP contribution in [-0.4, -0.2) is 30.1 Å². The highest BCUT2D eigenvalue weighted by Gasteiger charge is 2.36. The summed E-state index contributed by atoms with van der Waals surface area (Å²) in [7, 11) is 2.75. The molecule has 0 radical (unpaired) electrons. The molecule has 0 aromatic rings. The maximum absolute atomic E-state index is 5.41. The van der Waals surface area contributed by atoms with Gasteiger partial charge in [-0.2, -0.15) is 0 Å². The summed E-state index contributed by atoms with van der Waals surface area (Å²) in [5.41, 5.74) is 0. The molecule has 0 fully saturated rings. The third-order valence-corrected chi connectivity index (χ3v) is 6.53. The zero-order chi connectivity index (χ0) is 14.6. The van der Waals surface area contributed by atoms with E-state index in [-0.39, 0.29) is 0 Å². The van der Waals surface area contributed by atoms with Gasteiger partial charge >= 0.3 is 8.80 Å². The molecule has 0 spiro atoms. The molecule has 0 rings (SSSR count). The van der Waals surface area contributed by atoms with Gasteiger partial charge in [-0.1, -0.05) is 58.8 Å². The summed E-state index contributed by atoms with van der Waals surface area (Å²) in [6, 6.07) is 0.934. The van der Waals surface area contributed by atoms with Crippen LogP contribution in [0.25, 0.3) is 0 Å². The van der Waals surface area contributed by atoms with Gasteiger partial charge in [0.15, 0.2) is 0 Å². The highest BCUT2D eigenvalue weighted by Crippen LogP contribution is 2.18. The first-order valence-electron chi connectivity index (χ1n) is 7.75. The Balaban J connectivity index is 3.40. The molecule has 0 aliphatic rings. The monoisotopic (exact) mass is 290 g/mol. The lowest BCUT2D eigenvalue weighted by atomic mass is 10.0. The predicted octanol–water partition coefficient (Wildman–Crippen LogP) is 4.64. The molecule has 0 aromatic carbocycles. The van der Waals surface area contributed by atoms with E-state index >= 15 is 0 Å². The van der Waals surface area contributed by atoms with Crippen molar-refractivity contribution in [2.24, 2.45) is 5.92 Å². The van der Waals surface area contributed by atoms with Crippen molar-refractivity contribution in [2.45, 2.75) is 71.3 Å². The maximum atomic E-state index is 5.41. The zero-order valence-corrected chi connectivity index (χ0v) is 14.7. The number of hydrogen-bond donors (Lipinski definition) is 0. The third kappa shape index (κ3) is 9.60. The summed E-state index contributed by atoms with van der Waals surface area (Å²) in [5, 5.41) is 0. The number of rotatable bonds is 13. The van der Waals surface area contributed by atoms with E-state index in [4.69, 9.17) is 13.3 Å². The molecule has 0 bridgehead atoms. The van der Waals surface area contributed by atoms with Gasteiger partial charge in [0.1, 0.15) is 0 Å². The fourth-order valence-electron chi connectivity index (χ4n) is 2.33. The number of unbranched alkanes of at least 4 members (excludes halogenated alkanes) is 6. The van der Waals surface area contributed by atoms with Crippen LogP contribution in [-0.2, 0) is 13.3 Å². The average molecular weight is 291 g/mol. The van der Waals surface area contributed by atoms with Gasteiger partial charge in [0.05, 0.1) is 0 Å². The Bertz CT molecular complexity index is 186. The van der Waals surface area contributed by atoms with Crippen molar-refractivity contribution in [2.75, 3.05) is 21.3 Å². The zero-order valence-electron chi connectivity index (χ0n) is 13.7. The molecule has 0 amide bonds. The molecule has 3 nitrogen and oxygen atoms in total. The highest BCUT2D eigenvalue weighted by atomic mass is 28.4. The van der Waals surface area contributed by atoms with Crippen LogP contribution in [0.4, 0.5) is 0 Å². The molecular weight excluding hydrogens is 256 g/mol. The predicted molar refractivity (Wildman–Crippen MR) is 83.4 cm³/mol. The van der Waals surface area contributed by atoms with Crippen LogP contribution in [0.1, 0.15) is 65.2 Å². The minimum Gasteiger partial charge on any atom is -0.377 e. The second-order valence-corrected chi connectivity index (χ2v) is 8.79. The Kier molecular flexibility index (Phi) is 11.9. The smallest absolute Gasteiger partial charge is 0.377 e. The Morgan fingerprint density at radius 3 is 1.53 bits per heavy atom. The molecule has 0 saturated carbocycles. The molecule has 0 aliphatic carbocycles. The molecule has 0 N–H and O–H groups in total. The van der Waals surface area contributed by atoms with Crippen LogP contribution in [0.3, 0.4) is 0 Å². The molecule has 0 unspecified atom stereocenters. The van der Waals surface area contributed by atoms with Gasteiger partial charge in [0, 0.05) is 27.4 Å². The van der Waals surface area contributed by atoms with Crippen molar-refractivity contribution >= 4 is 8.80 Å². The minimum absolute atomic E-state index is 0.857. The standard InChI is InChI=1S/C15H34O3Si/c1-15(2)13-11-9-7-6-8-10-12-14-19(16-3,17-4)18-5/h15H,6-14H2,1-5H3. The second-order valence-electron chi connectivity index (χ2n) is 5.70. The van der Waals surface area contributed by atoms with E-state index in [2.05, 4.69) is 13.8 Å². The molecule has 19 heavy (non-hydrogen) atoms. The van der Waals surface area contributed by atoms with Crippen LogP contribution in [0.2, 0.25) is 6.04 Å². The van der Waals surface area contributed by atoms with Crippen LogP contribution in [0.5, 0.6) is 0 Å². The number of hydrogen-bond acceptors (Lipinski definition) is 3. The molecule has 0 aromatic heterocycles. The van der Waals surface area contributed by atoms with E-state index in [0.717, 1.165) is 18.4 Å². The largest absolute Gasteiger partial charge is 0.500 e. The topological polar surface area (TPSA) is 27.7 Å². The van der Waals surface area contributed by atoms with Crippen molar-refractivity contribution in [3.8, 4) is 0 Å². The Hall–Kier alpha value is 0.0969. The molecule has 4 heteroatoms. The fraction of sp³-hybridized carbons (Fsp3) is 1.00.